The third-order valence-electron chi connectivity index (χ3n) is 3.67. The van der Waals surface area contributed by atoms with Crippen LogP contribution in [0.1, 0.15) is 24.1 Å². The summed E-state index contributed by atoms with van der Waals surface area (Å²) in [4.78, 5) is 0.214. The van der Waals surface area contributed by atoms with Crippen molar-refractivity contribution < 1.29 is 17.5 Å². The van der Waals surface area contributed by atoms with Gasteiger partial charge in [-0.2, -0.15) is 0 Å². The Morgan fingerprint density at radius 3 is 2.64 bits per heavy atom. The van der Waals surface area contributed by atoms with Gasteiger partial charge >= 0.3 is 0 Å². The van der Waals surface area contributed by atoms with E-state index in [1.807, 2.05) is 0 Å². The molecule has 1 heterocycles. The second-order valence-corrected chi connectivity index (χ2v) is 6.98. The van der Waals surface area contributed by atoms with Crippen LogP contribution in [0.15, 0.2) is 47.4 Å². The molecule has 116 valence electrons. The van der Waals surface area contributed by atoms with Crippen molar-refractivity contribution in [1.82, 2.24) is 4.72 Å². The van der Waals surface area contributed by atoms with Crippen molar-refractivity contribution in [2.24, 2.45) is 0 Å². The second kappa shape index (κ2) is 5.70. The van der Waals surface area contributed by atoms with Crippen LogP contribution >= 0.6 is 0 Å². The minimum atomic E-state index is -3.64. The first kappa shape index (κ1) is 15.0. The van der Waals surface area contributed by atoms with Crippen molar-refractivity contribution >= 4 is 10.0 Å². The lowest BCUT2D eigenvalue weighted by atomic mass is 10.1. The Kier molecular flexibility index (Phi) is 3.88. The smallest absolute Gasteiger partial charge is 0.241 e. The third-order valence-corrected chi connectivity index (χ3v) is 5.21. The monoisotopic (exact) mass is 321 g/mol. The average molecular weight is 321 g/mol. The summed E-state index contributed by atoms with van der Waals surface area (Å²) < 4.78 is 45.8. The highest BCUT2D eigenvalue weighted by Crippen LogP contribution is 2.28. The Balaban J connectivity index is 1.82. The standard InChI is InChI=1S/C16H16FNO3S/c1-11(12-2-4-14(17)5-3-12)18-22(19,20)15-6-7-16-13(10-15)8-9-21-16/h2-7,10-11,18H,8-9H2,1H3. The highest BCUT2D eigenvalue weighted by molar-refractivity contribution is 7.89. The molecule has 22 heavy (non-hydrogen) atoms. The number of nitrogens with one attached hydrogen (secondary N) is 1. The van der Waals surface area contributed by atoms with Crippen LogP contribution in [0.25, 0.3) is 0 Å². The van der Waals surface area contributed by atoms with E-state index in [1.165, 1.54) is 18.2 Å². The fourth-order valence-corrected chi connectivity index (χ4v) is 3.73. The van der Waals surface area contributed by atoms with Crippen LogP contribution in [-0.2, 0) is 16.4 Å². The predicted molar refractivity (Wildman–Crippen MR) is 80.8 cm³/mol. The molecular weight excluding hydrogens is 305 g/mol. The zero-order valence-electron chi connectivity index (χ0n) is 12.0. The van der Waals surface area contributed by atoms with Crippen LogP contribution in [0.2, 0.25) is 0 Å². The van der Waals surface area contributed by atoms with E-state index >= 15 is 0 Å². The van der Waals surface area contributed by atoms with Crippen LogP contribution in [0.5, 0.6) is 5.75 Å². The summed E-state index contributed by atoms with van der Waals surface area (Å²) in [5.41, 5.74) is 1.60. The maximum atomic E-state index is 12.9. The molecule has 6 heteroatoms. The van der Waals surface area contributed by atoms with Gasteiger partial charge in [-0.05, 0) is 48.4 Å². The zero-order valence-corrected chi connectivity index (χ0v) is 12.9. The highest BCUT2D eigenvalue weighted by Gasteiger charge is 2.21. The number of sulfonamides is 1. The lowest BCUT2D eigenvalue weighted by Crippen LogP contribution is -2.27. The summed E-state index contributed by atoms with van der Waals surface area (Å²) in [5, 5.41) is 0. The molecule has 1 aliphatic heterocycles. The molecule has 0 bridgehead atoms. The minimum Gasteiger partial charge on any atom is -0.493 e. The van der Waals surface area contributed by atoms with Gasteiger partial charge in [0, 0.05) is 12.5 Å². The molecule has 1 unspecified atom stereocenters. The van der Waals surface area contributed by atoms with Crippen molar-refractivity contribution in [3.63, 3.8) is 0 Å². The third kappa shape index (κ3) is 2.98. The average Bonchev–Trinajstić information content (AvgIpc) is 2.94. The fourth-order valence-electron chi connectivity index (χ4n) is 2.45. The van der Waals surface area contributed by atoms with Crippen LogP contribution in [0, 0.1) is 5.82 Å². The van der Waals surface area contributed by atoms with Crippen LogP contribution in [0.4, 0.5) is 4.39 Å². The predicted octanol–water partition coefficient (Wildman–Crippen LogP) is 2.80. The van der Waals surface area contributed by atoms with Gasteiger partial charge in [-0.3, -0.25) is 0 Å². The molecule has 0 saturated carbocycles. The molecule has 1 atom stereocenters. The topological polar surface area (TPSA) is 55.4 Å². The molecule has 0 aliphatic carbocycles. The van der Waals surface area contributed by atoms with E-state index in [9.17, 15) is 12.8 Å². The van der Waals surface area contributed by atoms with Gasteiger partial charge in [-0.15, -0.1) is 0 Å². The molecule has 2 aromatic rings. The quantitative estimate of drug-likeness (QED) is 0.942. The second-order valence-electron chi connectivity index (χ2n) is 5.26. The van der Waals surface area contributed by atoms with Crippen molar-refractivity contribution in [3.8, 4) is 5.75 Å². The van der Waals surface area contributed by atoms with E-state index in [0.29, 0.717) is 18.6 Å². The largest absolute Gasteiger partial charge is 0.493 e. The van der Waals surface area contributed by atoms with E-state index in [-0.39, 0.29) is 10.7 Å². The lowest BCUT2D eigenvalue weighted by Gasteiger charge is -2.15. The number of rotatable bonds is 4. The molecule has 0 fully saturated rings. The van der Waals surface area contributed by atoms with E-state index < -0.39 is 16.1 Å². The van der Waals surface area contributed by atoms with Gasteiger partial charge in [-0.25, -0.2) is 17.5 Å². The van der Waals surface area contributed by atoms with Crippen molar-refractivity contribution in [1.29, 1.82) is 0 Å². The highest BCUT2D eigenvalue weighted by atomic mass is 32.2. The van der Waals surface area contributed by atoms with Gasteiger partial charge in [0.25, 0.3) is 0 Å². The summed E-state index contributed by atoms with van der Waals surface area (Å²) in [7, 11) is -3.64. The summed E-state index contributed by atoms with van der Waals surface area (Å²) in [6.45, 7) is 2.31. The first-order chi connectivity index (χ1) is 10.5. The van der Waals surface area contributed by atoms with E-state index in [2.05, 4.69) is 4.72 Å². The lowest BCUT2D eigenvalue weighted by molar-refractivity contribution is 0.356. The molecule has 0 radical (unpaired) electrons. The Labute approximate surface area is 129 Å². The molecule has 0 amide bonds. The first-order valence-corrected chi connectivity index (χ1v) is 8.47. The Hall–Kier alpha value is -1.92. The Morgan fingerprint density at radius 1 is 1.18 bits per heavy atom. The fraction of sp³-hybridized carbons (Fsp3) is 0.250. The molecular formula is C16H16FNO3S. The zero-order chi connectivity index (χ0) is 15.7. The van der Waals surface area contributed by atoms with Gasteiger partial charge in [0.05, 0.1) is 11.5 Å². The molecule has 2 aromatic carbocycles. The molecule has 0 saturated heterocycles. The van der Waals surface area contributed by atoms with Gasteiger partial charge in [0.1, 0.15) is 11.6 Å². The van der Waals surface area contributed by atoms with Gasteiger partial charge < -0.3 is 4.74 Å². The van der Waals surface area contributed by atoms with Crippen LogP contribution in [0.3, 0.4) is 0 Å². The number of halogens is 1. The first-order valence-electron chi connectivity index (χ1n) is 6.99. The number of hydrogen-bond donors (Lipinski definition) is 1. The normalized spacial score (nSPS) is 15.2. The molecule has 4 nitrogen and oxygen atoms in total. The van der Waals surface area contributed by atoms with Crippen LogP contribution in [-0.4, -0.2) is 15.0 Å². The number of benzene rings is 2. The summed E-state index contributed by atoms with van der Waals surface area (Å²) in [6, 6.07) is 10.2. The number of ether oxygens (including phenoxy) is 1. The Morgan fingerprint density at radius 2 is 1.91 bits per heavy atom. The van der Waals surface area contributed by atoms with Crippen molar-refractivity contribution in [3.05, 3.63) is 59.4 Å². The van der Waals surface area contributed by atoms with Crippen molar-refractivity contribution in [2.45, 2.75) is 24.3 Å². The maximum Gasteiger partial charge on any atom is 0.241 e. The maximum absolute atomic E-state index is 12.9. The number of hydrogen-bond acceptors (Lipinski definition) is 3. The molecule has 3 rings (SSSR count). The summed E-state index contributed by atoms with van der Waals surface area (Å²) >= 11 is 0. The number of fused-ring (bicyclic) bond motifs is 1. The summed E-state index contributed by atoms with van der Waals surface area (Å²) in [5.74, 6) is 0.392. The molecule has 0 spiro atoms. The van der Waals surface area contributed by atoms with Gasteiger partial charge in [0.15, 0.2) is 0 Å². The molecule has 0 aromatic heterocycles. The minimum absolute atomic E-state index is 0.214. The Bertz CT molecular complexity index is 788. The van der Waals surface area contributed by atoms with Gasteiger partial charge in [0.2, 0.25) is 10.0 Å². The molecule has 1 N–H and O–H groups in total. The molecule has 1 aliphatic rings. The van der Waals surface area contributed by atoms with E-state index in [0.717, 1.165) is 11.3 Å². The van der Waals surface area contributed by atoms with Crippen LogP contribution < -0.4 is 9.46 Å². The van der Waals surface area contributed by atoms with E-state index in [4.69, 9.17) is 4.74 Å². The SMILES string of the molecule is CC(NS(=O)(=O)c1ccc2c(c1)CCO2)c1ccc(F)cc1. The summed E-state index contributed by atoms with van der Waals surface area (Å²) in [6.07, 6.45) is 0.714. The van der Waals surface area contributed by atoms with Crippen molar-refractivity contribution in [2.75, 3.05) is 6.61 Å². The van der Waals surface area contributed by atoms with E-state index in [1.54, 1.807) is 31.2 Å². The van der Waals surface area contributed by atoms with Gasteiger partial charge in [-0.1, -0.05) is 12.1 Å².